The largest absolute Gasteiger partial charge is 0.422 e. The molecule has 126 valence electrons. The van der Waals surface area contributed by atoms with Crippen molar-refractivity contribution in [3.8, 4) is 5.75 Å². The molecular weight excluding hydrogens is 324 g/mol. The van der Waals surface area contributed by atoms with E-state index in [1.54, 1.807) is 5.38 Å². The number of nitrogens with one attached hydrogen (secondary N) is 1. The molecule has 0 spiro atoms. The Morgan fingerprint density at radius 1 is 1.17 bits per heavy atom. The maximum absolute atomic E-state index is 12.1. The molecule has 6 heteroatoms. The molecule has 1 N–H and O–H groups in total. The summed E-state index contributed by atoms with van der Waals surface area (Å²) in [5, 5.41) is 4.51. The van der Waals surface area contributed by atoms with Crippen molar-refractivity contribution < 1.29 is 14.3 Å². The van der Waals surface area contributed by atoms with Gasteiger partial charge in [0.25, 0.3) is 0 Å². The fraction of sp³-hybridized carbons (Fsp3) is 0.389. The third-order valence-electron chi connectivity index (χ3n) is 4.16. The van der Waals surface area contributed by atoms with Gasteiger partial charge in [-0.15, -0.1) is 11.3 Å². The summed E-state index contributed by atoms with van der Waals surface area (Å²) in [6, 6.07) is 7.76. The van der Waals surface area contributed by atoms with Crippen LogP contribution in [0.2, 0.25) is 0 Å². The SMILES string of the molecule is CC(=O)Nc1nc(C(=O)Oc2ccc(C3CCCCC3)cc2)cs1. The van der Waals surface area contributed by atoms with Gasteiger partial charge in [0.2, 0.25) is 5.91 Å². The van der Waals surface area contributed by atoms with E-state index in [1.807, 2.05) is 24.3 Å². The topological polar surface area (TPSA) is 68.3 Å². The standard InChI is InChI=1S/C18H20N2O3S/c1-12(21)19-18-20-16(11-24-18)17(22)23-15-9-7-14(8-10-15)13-5-3-2-4-6-13/h7-11,13H,2-6H2,1H3,(H,19,20,21). The quantitative estimate of drug-likeness (QED) is 0.660. The predicted octanol–water partition coefficient (Wildman–Crippen LogP) is 4.37. The molecule has 5 nitrogen and oxygen atoms in total. The molecule has 2 aromatic rings. The number of nitrogens with zero attached hydrogens (tertiary/aromatic N) is 1. The van der Waals surface area contributed by atoms with Crippen molar-refractivity contribution in [1.29, 1.82) is 0 Å². The Balaban J connectivity index is 1.61. The molecule has 1 aromatic heterocycles. The summed E-state index contributed by atoms with van der Waals surface area (Å²) in [6.45, 7) is 1.40. The summed E-state index contributed by atoms with van der Waals surface area (Å²) in [7, 11) is 0. The van der Waals surface area contributed by atoms with Crippen LogP contribution in [-0.4, -0.2) is 16.9 Å². The first kappa shape index (κ1) is 16.6. The van der Waals surface area contributed by atoms with Crippen LogP contribution in [-0.2, 0) is 4.79 Å². The summed E-state index contributed by atoms with van der Waals surface area (Å²) in [6.07, 6.45) is 6.40. The van der Waals surface area contributed by atoms with Crippen LogP contribution in [0.1, 0.15) is 61.0 Å². The third kappa shape index (κ3) is 4.20. The molecule has 1 aromatic carbocycles. The Labute approximate surface area is 145 Å². The molecule has 1 aliphatic carbocycles. The van der Waals surface area contributed by atoms with Crippen LogP contribution in [0.25, 0.3) is 0 Å². The number of carbonyl (C=O) groups excluding carboxylic acids is 2. The number of aromatic nitrogens is 1. The first-order chi connectivity index (χ1) is 11.6. The van der Waals surface area contributed by atoms with Crippen molar-refractivity contribution in [2.45, 2.75) is 44.9 Å². The maximum Gasteiger partial charge on any atom is 0.363 e. The average molecular weight is 344 g/mol. The van der Waals surface area contributed by atoms with Gasteiger partial charge in [-0.05, 0) is 36.5 Å². The molecule has 1 aliphatic rings. The number of hydrogen-bond acceptors (Lipinski definition) is 5. The fourth-order valence-electron chi connectivity index (χ4n) is 2.98. The second kappa shape index (κ2) is 7.57. The number of thiazole rings is 1. The first-order valence-corrected chi connectivity index (χ1v) is 9.05. The lowest BCUT2D eigenvalue weighted by Crippen LogP contribution is -2.10. The van der Waals surface area contributed by atoms with E-state index in [2.05, 4.69) is 10.3 Å². The smallest absolute Gasteiger partial charge is 0.363 e. The lowest BCUT2D eigenvalue weighted by Gasteiger charge is -2.21. The van der Waals surface area contributed by atoms with E-state index in [0.717, 1.165) is 0 Å². The molecule has 0 radical (unpaired) electrons. The van der Waals surface area contributed by atoms with E-state index in [1.165, 1.54) is 55.9 Å². The number of benzene rings is 1. The summed E-state index contributed by atoms with van der Waals surface area (Å²) >= 11 is 1.19. The molecule has 1 fully saturated rings. The molecule has 0 saturated heterocycles. The van der Waals surface area contributed by atoms with E-state index in [0.29, 0.717) is 16.8 Å². The minimum atomic E-state index is -0.520. The van der Waals surface area contributed by atoms with Gasteiger partial charge in [-0.25, -0.2) is 9.78 Å². The predicted molar refractivity (Wildman–Crippen MR) is 93.6 cm³/mol. The van der Waals surface area contributed by atoms with E-state index in [4.69, 9.17) is 4.74 Å². The van der Waals surface area contributed by atoms with Gasteiger partial charge < -0.3 is 10.1 Å². The van der Waals surface area contributed by atoms with Gasteiger partial charge in [-0.1, -0.05) is 31.4 Å². The first-order valence-electron chi connectivity index (χ1n) is 8.17. The van der Waals surface area contributed by atoms with E-state index in [9.17, 15) is 9.59 Å². The molecule has 0 aliphatic heterocycles. The minimum Gasteiger partial charge on any atom is -0.422 e. The number of rotatable bonds is 4. The van der Waals surface area contributed by atoms with E-state index < -0.39 is 5.97 Å². The number of esters is 1. The minimum absolute atomic E-state index is 0.195. The zero-order valence-electron chi connectivity index (χ0n) is 13.6. The molecule has 3 rings (SSSR count). The van der Waals surface area contributed by atoms with E-state index >= 15 is 0 Å². The number of carbonyl (C=O) groups is 2. The highest BCUT2D eigenvalue weighted by Crippen LogP contribution is 2.33. The van der Waals surface area contributed by atoms with Crippen molar-refractivity contribution >= 4 is 28.3 Å². The normalized spacial score (nSPS) is 15.0. The molecule has 1 amide bonds. The zero-order chi connectivity index (χ0) is 16.9. The summed E-state index contributed by atoms with van der Waals surface area (Å²) in [4.78, 5) is 27.1. The second-order valence-electron chi connectivity index (χ2n) is 6.01. The molecule has 0 atom stereocenters. The van der Waals surface area contributed by atoms with Crippen LogP contribution in [0.3, 0.4) is 0 Å². The Bertz CT molecular complexity index is 718. The van der Waals surface area contributed by atoms with Gasteiger partial charge in [0.1, 0.15) is 5.75 Å². The van der Waals surface area contributed by atoms with Crippen LogP contribution in [0.5, 0.6) is 5.75 Å². The Hall–Kier alpha value is -2.21. The van der Waals surface area contributed by atoms with Gasteiger partial charge >= 0.3 is 5.97 Å². The number of hydrogen-bond donors (Lipinski definition) is 1. The van der Waals surface area contributed by atoms with Crippen LogP contribution in [0.15, 0.2) is 29.6 Å². The third-order valence-corrected chi connectivity index (χ3v) is 4.92. The van der Waals surface area contributed by atoms with Crippen molar-refractivity contribution in [3.05, 3.63) is 40.9 Å². The lowest BCUT2D eigenvalue weighted by molar-refractivity contribution is -0.114. The summed E-state index contributed by atoms with van der Waals surface area (Å²) in [5.41, 5.74) is 1.51. The van der Waals surface area contributed by atoms with Gasteiger partial charge in [-0.2, -0.15) is 0 Å². The molecule has 0 bridgehead atoms. The lowest BCUT2D eigenvalue weighted by atomic mass is 9.84. The monoisotopic (exact) mass is 344 g/mol. The maximum atomic E-state index is 12.1. The van der Waals surface area contributed by atoms with Crippen molar-refractivity contribution in [2.75, 3.05) is 5.32 Å². The Morgan fingerprint density at radius 2 is 1.88 bits per heavy atom. The Kier molecular flexibility index (Phi) is 5.25. The number of ether oxygens (including phenoxy) is 1. The molecule has 24 heavy (non-hydrogen) atoms. The van der Waals surface area contributed by atoms with Crippen molar-refractivity contribution in [3.63, 3.8) is 0 Å². The van der Waals surface area contributed by atoms with Crippen LogP contribution >= 0.6 is 11.3 Å². The summed E-state index contributed by atoms with van der Waals surface area (Å²) < 4.78 is 5.35. The van der Waals surface area contributed by atoms with Crippen LogP contribution < -0.4 is 10.1 Å². The molecule has 1 saturated carbocycles. The highest BCUT2D eigenvalue weighted by Gasteiger charge is 2.17. The molecule has 0 unspecified atom stereocenters. The van der Waals surface area contributed by atoms with Crippen LogP contribution in [0.4, 0.5) is 5.13 Å². The average Bonchev–Trinajstić information content (AvgIpc) is 3.04. The highest BCUT2D eigenvalue weighted by atomic mass is 32.1. The van der Waals surface area contributed by atoms with Gasteiger partial charge in [0.15, 0.2) is 10.8 Å². The van der Waals surface area contributed by atoms with Crippen LogP contribution in [0, 0.1) is 0 Å². The van der Waals surface area contributed by atoms with Gasteiger partial charge in [-0.3, -0.25) is 4.79 Å². The number of amides is 1. The van der Waals surface area contributed by atoms with Gasteiger partial charge in [0.05, 0.1) is 0 Å². The van der Waals surface area contributed by atoms with Crippen molar-refractivity contribution in [2.24, 2.45) is 0 Å². The fourth-order valence-corrected chi connectivity index (χ4v) is 3.70. The molecule has 1 heterocycles. The number of anilines is 1. The highest BCUT2D eigenvalue weighted by molar-refractivity contribution is 7.14. The van der Waals surface area contributed by atoms with E-state index in [-0.39, 0.29) is 11.6 Å². The van der Waals surface area contributed by atoms with Gasteiger partial charge in [0, 0.05) is 12.3 Å². The Morgan fingerprint density at radius 3 is 2.54 bits per heavy atom. The zero-order valence-corrected chi connectivity index (χ0v) is 14.4. The van der Waals surface area contributed by atoms with Crippen molar-refractivity contribution in [1.82, 2.24) is 4.98 Å². The molecular formula is C18H20N2O3S. The second-order valence-corrected chi connectivity index (χ2v) is 6.87. The summed E-state index contributed by atoms with van der Waals surface area (Å²) in [5.74, 6) is 0.395.